The van der Waals surface area contributed by atoms with Crippen molar-refractivity contribution in [2.45, 2.75) is 25.2 Å². The first-order chi connectivity index (χ1) is 13.3. The van der Waals surface area contributed by atoms with Crippen molar-refractivity contribution in [3.63, 3.8) is 0 Å². The van der Waals surface area contributed by atoms with Crippen molar-refractivity contribution in [1.29, 1.82) is 0 Å². The molecule has 1 aromatic heterocycles. The van der Waals surface area contributed by atoms with E-state index in [9.17, 15) is 14.4 Å². The second-order valence-electron chi connectivity index (χ2n) is 6.98. The Morgan fingerprint density at radius 3 is 2.64 bits per heavy atom. The number of carbonyl (C=O) groups excluding carboxylic acids is 3. The molecule has 0 N–H and O–H groups in total. The number of thioether (sulfide) groups is 1. The van der Waals surface area contributed by atoms with E-state index in [1.165, 1.54) is 0 Å². The first-order valence-electron chi connectivity index (χ1n) is 9.09. The summed E-state index contributed by atoms with van der Waals surface area (Å²) in [6, 6.07) is 9.45. The topological polar surface area (TPSA) is 68.6 Å². The standard InChI is InChI=1S/C21H24N2O4S/c1-13-8-18(14(2)22(13)3)19(24)12-27-21(26)15-9-20(25)23(11-15)16-6-5-7-17(10-16)28-4/h5-8,10,15H,9,11-12H2,1-4H3/t15-/m1/s1. The highest BCUT2D eigenvalue weighted by Gasteiger charge is 2.36. The third-order valence-electron chi connectivity index (χ3n) is 5.24. The van der Waals surface area contributed by atoms with E-state index < -0.39 is 11.9 Å². The molecular formula is C21H24N2O4S. The lowest BCUT2D eigenvalue weighted by atomic mass is 10.1. The van der Waals surface area contributed by atoms with Crippen molar-refractivity contribution in [2.24, 2.45) is 13.0 Å². The van der Waals surface area contributed by atoms with Crippen LogP contribution in [-0.2, 0) is 21.4 Å². The van der Waals surface area contributed by atoms with Gasteiger partial charge >= 0.3 is 5.97 Å². The first kappa shape index (κ1) is 20.2. The monoisotopic (exact) mass is 400 g/mol. The quantitative estimate of drug-likeness (QED) is 0.423. The number of esters is 1. The van der Waals surface area contributed by atoms with Gasteiger partial charge in [0, 0.05) is 47.5 Å². The number of amides is 1. The van der Waals surface area contributed by atoms with Gasteiger partial charge in [-0.2, -0.15) is 0 Å². The van der Waals surface area contributed by atoms with E-state index in [1.54, 1.807) is 22.7 Å². The Labute approximate surface area is 168 Å². The molecular weight excluding hydrogens is 376 g/mol. The summed E-state index contributed by atoms with van der Waals surface area (Å²) in [6.07, 6.45) is 2.07. The molecule has 0 bridgehead atoms. The van der Waals surface area contributed by atoms with E-state index in [0.717, 1.165) is 22.0 Å². The lowest BCUT2D eigenvalue weighted by molar-refractivity contribution is -0.147. The molecule has 0 aliphatic carbocycles. The average molecular weight is 401 g/mol. The van der Waals surface area contributed by atoms with E-state index in [0.29, 0.717) is 5.56 Å². The number of hydrogen-bond acceptors (Lipinski definition) is 5. The van der Waals surface area contributed by atoms with Crippen molar-refractivity contribution >= 4 is 35.1 Å². The molecule has 28 heavy (non-hydrogen) atoms. The van der Waals surface area contributed by atoms with Crippen LogP contribution in [0, 0.1) is 19.8 Å². The summed E-state index contributed by atoms with van der Waals surface area (Å²) >= 11 is 1.59. The number of hydrogen-bond donors (Lipinski definition) is 0. The summed E-state index contributed by atoms with van der Waals surface area (Å²) in [5, 5.41) is 0. The minimum absolute atomic E-state index is 0.0972. The molecule has 0 unspecified atom stereocenters. The van der Waals surface area contributed by atoms with Gasteiger partial charge in [-0.05, 0) is 44.4 Å². The zero-order valence-electron chi connectivity index (χ0n) is 16.5. The van der Waals surface area contributed by atoms with E-state index in [1.807, 2.05) is 56.0 Å². The van der Waals surface area contributed by atoms with E-state index in [2.05, 4.69) is 0 Å². The van der Waals surface area contributed by atoms with Gasteiger partial charge in [0.25, 0.3) is 0 Å². The maximum atomic E-state index is 12.4. The molecule has 2 heterocycles. The van der Waals surface area contributed by atoms with E-state index in [-0.39, 0.29) is 31.3 Å². The van der Waals surface area contributed by atoms with Crippen LogP contribution in [0.4, 0.5) is 5.69 Å². The fourth-order valence-electron chi connectivity index (χ4n) is 3.36. The largest absolute Gasteiger partial charge is 0.457 e. The van der Waals surface area contributed by atoms with Crippen LogP contribution < -0.4 is 4.90 Å². The Morgan fingerprint density at radius 1 is 1.25 bits per heavy atom. The smallest absolute Gasteiger partial charge is 0.311 e. The highest BCUT2D eigenvalue weighted by molar-refractivity contribution is 7.98. The van der Waals surface area contributed by atoms with Gasteiger partial charge in [-0.3, -0.25) is 14.4 Å². The number of ether oxygens (including phenoxy) is 1. The van der Waals surface area contributed by atoms with Gasteiger partial charge in [0.15, 0.2) is 6.61 Å². The zero-order chi connectivity index (χ0) is 20.4. The maximum absolute atomic E-state index is 12.4. The Morgan fingerprint density at radius 2 is 2.00 bits per heavy atom. The lowest BCUT2D eigenvalue weighted by Crippen LogP contribution is -2.27. The van der Waals surface area contributed by atoms with Gasteiger partial charge in [0.1, 0.15) is 0 Å². The summed E-state index contributed by atoms with van der Waals surface area (Å²) in [5.74, 6) is -1.41. The van der Waals surface area contributed by atoms with Gasteiger partial charge < -0.3 is 14.2 Å². The summed E-state index contributed by atoms with van der Waals surface area (Å²) in [5.41, 5.74) is 3.15. The van der Waals surface area contributed by atoms with Crippen LogP contribution in [0.1, 0.15) is 28.2 Å². The predicted molar refractivity (Wildman–Crippen MR) is 109 cm³/mol. The van der Waals surface area contributed by atoms with Crippen molar-refractivity contribution in [3.8, 4) is 0 Å². The summed E-state index contributed by atoms with van der Waals surface area (Å²) in [7, 11) is 1.89. The minimum atomic E-state index is -0.558. The van der Waals surface area contributed by atoms with Crippen LogP contribution in [0.2, 0.25) is 0 Å². The van der Waals surface area contributed by atoms with Gasteiger partial charge in [0.05, 0.1) is 5.92 Å². The molecule has 1 aromatic carbocycles. The molecule has 1 aliphatic rings. The van der Waals surface area contributed by atoms with Crippen molar-refractivity contribution in [2.75, 3.05) is 24.3 Å². The highest BCUT2D eigenvalue weighted by Crippen LogP contribution is 2.28. The number of aryl methyl sites for hydroxylation is 1. The van der Waals surface area contributed by atoms with Crippen molar-refractivity contribution < 1.29 is 19.1 Å². The second-order valence-corrected chi connectivity index (χ2v) is 7.86. The maximum Gasteiger partial charge on any atom is 0.311 e. The third kappa shape index (κ3) is 3.99. The molecule has 7 heteroatoms. The normalized spacial score (nSPS) is 16.5. The zero-order valence-corrected chi connectivity index (χ0v) is 17.3. The van der Waals surface area contributed by atoms with Crippen molar-refractivity contribution in [3.05, 3.63) is 47.3 Å². The number of benzene rings is 1. The van der Waals surface area contributed by atoms with E-state index in [4.69, 9.17) is 4.74 Å². The van der Waals surface area contributed by atoms with Gasteiger partial charge in [-0.25, -0.2) is 0 Å². The Bertz CT molecular complexity index is 934. The molecule has 1 fully saturated rings. The molecule has 1 aliphatic heterocycles. The number of carbonyl (C=O) groups is 3. The number of nitrogens with zero attached hydrogens (tertiary/aromatic N) is 2. The molecule has 0 saturated carbocycles. The molecule has 0 spiro atoms. The molecule has 1 amide bonds. The fourth-order valence-corrected chi connectivity index (χ4v) is 3.82. The molecule has 1 atom stereocenters. The molecule has 3 rings (SSSR count). The molecule has 148 valence electrons. The second kappa shape index (κ2) is 8.22. The first-order valence-corrected chi connectivity index (χ1v) is 10.3. The van der Waals surface area contributed by atoms with Gasteiger partial charge in [-0.1, -0.05) is 6.07 Å². The number of ketones is 1. The molecule has 0 radical (unpaired) electrons. The van der Waals surface area contributed by atoms with Crippen LogP contribution in [0.15, 0.2) is 35.2 Å². The minimum Gasteiger partial charge on any atom is -0.457 e. The summed E-state index contributed by atoms with van der Waals surface area (Å²) in [4.78, 5) is 39.9. The molecule has 2 aromatic rings. The van der Waals surface area contributed by atoms with Crippen LogP contribution in [0.5, 0.6) is 0 Å². The number of aromatic nitrogens is 1. The number of rotatable bonds is 6. The Kier molecular flexibility index (Phi) is 5.93. The SMILES string of the molecule is CSc1cccc(N2C[C@H](C(=O)OCC(=O)c3cc(C)n(C)c3C)CC2=O)c1. The van der Waals surface area contributed by atoms with Crippen LogP contribution in [0.25, 0.3) is 0 Å². The van der Waals surface area contributed by atoms with Gasteiger partial charge in [0.2, 0.25) is 11.7 Å². The average Bonchev–Trinajstić information content (AvgIpc) is 3.21. The van der Waals surface area contributed by atoms with Crippen LogP contribution >= 0.6 is 11.8 Å². The van der Waals surface area contributed by atoms with Crippen LogP contribution in [-0.4, -0.2) is 41.6 Å². The van der Waals surface area contributed by atoms with Crippen LogP contribution in [0.3, 0.4) is 0 Å². The van der Waals surface area contributed by atoms with E-state index >= 15 is 0 Å². The van der Waals surface area contributed by atoms with Gasteiger partial charge in [-0.15, -0.1) is 11.8 Å². The third-order valence-corrected chi connectivity index (χ3v) is 5.97. The lowest BCUT2D eigenvalue weighted by Gasteiger charge is -2.17. The molecule has 6 nitrogen and oxygen atoms in total. The predicted octanol–water partition coefficient (Wildman–Crippen LogP) is 3.14. The number of Topliss-reactive ketones (excluding diaryl/α,β-unsaturated/α-hetero) is 1. The summed E-state index contributed by atoms with van der Waals surface area (Å²) < 4.78 is 7.16. The van der Waals surface area contributed by atoms with Crippen molar-refractivity contribution in [1.82, 2.24) is 4.57 Å². The summed E-state index contributed by atoms with van der Waals surface area (Å²) in [6.45, 7) is 3.74. The Hall–Kier alpha value is -2.54. The highest BCUT2D eigenvalue weighted by atomic mass is 32.2. The number of anilines is 1. The Balaban J connectivity index is 1.61. The fraction of sp³-hybridized carbons (Fsp3) is 0.381. The molecule has 1 saturated heterocycles.